The van der Waals surface area contributed by atoms with Crippen LogP contribution in [0.3, 0.4) is 0 Å². The lowest BCUT2D eigenvalue weighted by Crippen LogP contribution is -2.04. The average Bonchev–Trinajstić information content (AvgIpc) is 2.97. The van der Waals surface area contributed by atoms with Gasteiger partial charge in [-0.2, -0.15) is 0 Å². The Morgan fingerprint density at radius 1 is 1.00 bits per heavy atom. The van der Waals surface area contributed by atoms with E-state index in [-0.39, 0.29) is 5.38 Å². The molecule has 0 heterocycles. The van der Waals surface area contributed by atoms with Crippen LogP contribution in [0, 0.1) is 5.92 Å². The van der Waals surface area contributed by atoms with Crippen molar-refractivity contribution < 1.29 is 0 Å². The van der Waals surface area contributed by atoms with E-state index in [0.717, 1.165) is 12.3 Å². The van der Waals surface area contributed by atoms with Gasteiger partial charge in [0.05, 0.1) is 5.38 Å². The van der Waals surface area contributed by atoms with Crippen LogP contribution in [-0.2, 0) is 0 Å². The lowest BCUT2D eigenvalue weighted by atomic mass is 9.88. The minimum atomic E-state index is 0.184. The monoisotopic (exact) mass is 306 g/mol. The third-order valence-corrected chi connectivity index (χ3v) is 5.49. The van der Waals surface area contributed by atoms with Crippen molar-refractivity contribution in [2.45, 2.75) is 83.4 Å². The van der Waals surface area contributed by atoms with Crippen molar-refractivity contribution in [1.29, 1.82) is 0 Å². The molecule has 0 spiro atoms. The zero-order valence-electron chi connectivity index (χ0n) is 14.2. The van der Waals surface area contributed by atoms with Gasteiger partial charge in [-0.15, -0.1) is 11.6 Å². The van der Waals surface area contributed by atoms with E-state index in [1.807, 2.05) is 0 Å². The molecular formula is C20H31Cl. The van der Waals surface area contributed by atoms with Crippen LogP contribution in [0.4, 0.5) is 0 Å². The second-order valence-corrected chi connectivity index (χ2v) is 7.92. The Hall–Kier alpha value is -0.490. The fraction of sp³-hybridized carbons (Fsp3) is 0.700. The summed E-state index contributed by atoms with van der Waals surface area (Å²) in [6.45, 7) is 9.09. The SMILES string of the molecule is CC(C)c1ccc(C(Cl)CCC2CCCC2)c(C(C)C)c1. The number of alkyl halides is 1. The van der Waals surface area contributed by atoms with Crippen molar-refractivity contribution in [1.82, 2.24) is 0 Å². The van der Waals surface area contributed by atoms with E-state index in [1.165, 1.54) is 48.8 Å². The van der Waals surface area contributed by atoms with E-state index >= 15 is 0 Å². The van der Waals surface area contributed by atoms with Gasteiger partial charge in [-0.25, -0.2) is 0 Å². The Kier molecular flexibility index (Phi) is 6.17. The highest BCUT2D eigenvalue weighted by molar-refractivity contribution is 6.20. The van der Waals surface area contributed by atoms with Crippen LogP contribution in [0.25, 0.3) is 0 Å². The Bertz CT molecular complexity index is 441. The lowest BCUT2D eigenvalue weighted by Gasteiger charge is -2.21. The molecule has 1 unspecified atom stereocenters. The molecule has 0 nitrogen and oxygen atoms in total. The lowest BCUT2D eigenvalue weighted by molar-refractivity contribution is 0.479. The minimum absolute atomic E-state index is 0.184. The molecule has 1 fully saturated rings. The second-order valence-electron chi connectivity index (χ2n) is 7.39. The summed E-state index contributed by atoms with van der Waals surface area (Å²) in [6, 6.07) is 6.95. The van der Waals surface area contributed by atoms with E-state index in [2.05, 4.69) is 45.9 Å². The molecule has 2 rings (SSSR count). The van der Waals surface area contributed by atoms with Gasteiger partial charge in [-0.3, -0.25) is 0 Å². The summed E-state index contributed by atoms with van der Waals surface area (Å²) in [5.41, 5.74) is 4.25. The Balaban J connectivity index is 2.09. The van der Waals surface area contributed by atoms with Gasteiger partial charge in [0.15, 0.2) is 0 Å². The third kappa shape index (κ3) is 4.49. The van der Waals surface area contributed by atoms with Gasteiger partial charge >= 0.3 is 0 Å². The molecule has 21 heavy (non-hydrogen) atoms. The molecule has 1 aromatic carbocycles. The maximum absolute atomic E-state index is 6.77. The molecule has 0 bridgehead atoms. The summed E-state index contributed by atoms with van der Waals surface area (Å²) in [5.74, 6) is 2.07. The molecule has 1 aliphatic rings. The van der Waals surface area contributed by atoms with Crippen molar-refractivity contribution >= 4 is 11.6 Å². The Morgan fingerprint density at radius 3 is 2.24 bits per heavy atom. The number of rotatable bonds is 6. The van der Waals surface area contributed by atoms with Crippen LogP contribution >= 0.6 is 11.6 Å². The van der Waals surface area contributed by atoms with Gasteiger partial charge in [0.2, 0.25) is 0 Å². The highest BCUT2D eigenvalue weighted by Gasteiger charge is 2.20. The molecule has 1 saturated carbocycles. The molecule has 0 aromatic heterocycles. The number of benzene rings is 1. The van der Waals surface area contributed by atoms with E-state index in [0.29, 0.717) is 11.8 Å². The average molecular weight is 307 g/mol. The van der Waals surface area contributed by atoms with Crippen LogP contribution < -0.4 is 0 Å². The quantitative estimate of drug-likeness (QED) is 0.488. The van der Waals surface area contributed by atoms with Crippen molar-refractivity contribution in [2.24, 2.45) is 5.92 Å². The van der Waals surface area contributed by atoms with E-state index in [4.69, 9.17) is 11.6 Å². The first-order valence-corrected chi connectivity index (χ1v) is 9.20. The van der Waals surface area contributed by atoms with Gasteiger partial charge in [0.25, 0.3) is 0 Å². The zero-order chi connectivity index (χ0) is 15.4. The molecule has 1 heteroatoms. The van der Waals surface area contributed by atoms with Crippen LogP contribution in [0.2, 0.25) is 0 Å². The molecule has 0 saturated heterocycles. The number of halogens is 1. The summed E-state index contributed by atoms with van der Waals surface area (Å²) < 4.78 is 0. The molecule has 118 valence electrons. The molecule has 1 aliphatic carbocycles. The summed E-state index contributed by atoms with van der Waals surface area (Å²) in [5, 5.41) is 0.184. The number of hydrogen-bond donors (Lipinski definition) is 0. The molecule has 1 atom stereocenters. The molecule has 0 amide bonds. The summed E-state index contributed by atoms with van der Waals surface area (Å²) in [4.78, 5) is 0. The fourth-order valence-electron chi connectivity index (χ4n) is 3.57. The van der Waals surface area contributed by atoms with Crippen LogP contribution in [0.15, 0.2) is 18.2 Å². The molecule has 1 aromatic rings. The van der Waals surface area contributed by atoms with Gasteiger partial charge in [-0.05, 0) is 47.3 Å². The largest absolute Gasteiger partial charge is 0.118 e. The third-order valence-electron chi connectivity index (χ3n) is 5.04. The topological polar surface area (TPSA) is 0 Å². The van der Waals surface area contributed by atoms with Gasteiger partial charge in [0.1, 0.15) is 0 Å². The molecular weight excluding hydrogens is 276 g/mol. The minimum Gasteiger partial charge on any atom is -0.118 e. The van der Waals surface area contributed by atoms with Crippen molar-refractivity contribution in [3.63, 3.8) is 0 Å². The smallest absolute Gasteiger partial charge is 0.0588 e. The highest BCUT2D eigenvalue weighted by atomic mass is 35.5. The van der Waals surface area contributed by atoms with E-state index < -0.39 is 0 Å². The first-order chi connectivity index (χ1) is 9.99. The highest BCUT2D eigenvalue weighted by Crippen LogP contribution is 2.37. The predicted molar refractivity (Wildman–Crippen MR) is 94.4 cm³/mol. The molecule has 0 N–H and O–H groups in total. The van der Waals surface area contributed by atoms with Crippen molar-refractivity contribution in [3.05, 3.63) is 34.9 Å². The molecule has 0 aliphatic heterocycles. The predicted octanol–water partition coefficient (Wildman–Crippen LogP) is 7.18. The van der Waals surface area contributed by atoms with Crippen molar-refractivity contribution in [3.8, 4) is 0 Å². The summed E-state index contributed by atoms with van der Waals surface area (Å²) in [7, 11) is 0. The van der Waals surface area contributed by atoms with E-state index in [9.17, 15) is 0 Å². The Morgan fingerprint density at radius 2 is 1.67 bits per heavy atom. The van der Waals surface area contributed by atoms with Gasteiger partial charge in [0, 0.05) is 0 Å². The zero-order valence-corrected chi connectivity index (χ0v) is 14.9. The van der Waals surface area contributed by atoms with Crippen molar-refractivity contribution in [2.75, 3.05) is 0 Å². The van der Waals surface area contributed by atoms with Crippen LogP contribution in [0.5, 0.6) is 0 Å². The maximum atomic E-state index is 6.77. The Labute approximate surface area is 136 Å². The normalized spacial score (nSPS) is 17.9. The van der Waals surface area contributed by atoms with Crippen LogP contribution in [-0.4, -0.2) is 0 Å². The summed E-state index contributed by atoms with van der Waals surface area (Å²) in [6.07, 6.45) is 8.14. The first kappa shape index (κ1) is 16.9. The first-order valence-electron chi connectivity index (χ1n) is 8.76. The maximum Gasteiger partial charge on any atom is 0.0588 e. The standard InChI is InChI=1S/C20H31Cl/c1-14(2)17-10-11-18(19(13-17)15(3)4)20(21)12-9-16-7-5-6-8-16/h10-11,13-16,20H,5-9,12H2,1-4H3. The van der Waals surface area contributed by atoms with Gasteiger partial charge < -0.3 is 0 Å². The second kappa shape index (κ2) is 7.68. The van der Waals surface area contributed by atoms with E-state index in [1.54, 1.807) is 0 Å². The van der Waals surface area contributed by atoms with Gasteiger partial charge in [-0.1, -0.05) is 71.6 Å². The molecule has 0 radical (unpaired) electrons. The number of hydrogen-bond acceptors (Lipinski definition) is 0. The summed E-state index contributed by atoms with van der Waals surface area (Å²) >= 11 is 6.77. The fourth-order valence-corrected chi connectivity index (χ4v) is 3.90. The van der Waals surface area contributed by atoms with Crippen LogP contribution in [0.1, 0.15) is 100 Å².